The van der Waals surface area contributed by atoms with E-state index in [0.717, 1.165) is 0 Å². The molecule has 0 atom stereocenters. The smallest absolute Gasteiger partial charge is 1.00 e. The SMILES string of the molecule is [CH3][GeH]([CH3])[Hf+2]([C]1=C(C(C)(C)C)C=CC1)[C]1=C(C(C)(C)C)C=CC1.[Cl-].[Cl-]. The molecular weight excluding hydrogens is 562 g/mol. The molecular formula is C20H33Cl2GeHf. The van der Waals surface area contributed by atoms with Crippen molar-refractivity contribution >= 4 is 10.6 Å². The molecule has 0 bridgehead atoms. The van der Waals surface area contributed by atoms with E-state index in [1.54, 1.807) is 11.1 Å². The van der Waals surface area contributed by atoms with Crippen molar-refractivity contribution in [1.29, 1.82) is 0 Å². The maximum atomic E-state index is 2.67. The molecule has 0 spiro atoms. The van der Waals surface area contributed by atoms with Crippen molar-refractivity contribution in [3.8, 4) is 0 Å². The monoisotopic (exact) mass is 597 g/mol. The van der Waals surface area contributed by atoms with Gasteiger partial charge in [-0.2, -0.15) is 0 Å². The summed E-state index contributed by atoms with van der Waals surface area (Å²) >= 11 is -1.80. The second kappa shape index (κ2) is 9.24. The molecule has 0 aromatic heterocycles. The van der Waals surface area contributed by atoms with E-state index in [1.165, 1.54) is 12.8 Å². The summed E-state index contributed by atoms with van der Waals surface area (Å²) in [6, 6.07) is 0. The molecule has 0 fully saturated rings. The van der Waals surface area contributed by atoms with Crippen LogP contribution in [0.15, 0.2) is 42.1 Å². The van der Waals surface area contributed by atoms with Crippen LogP contribution in [0.4, 0.5) is 0 Å². The van der Waals surface area contributed by atoms with Gasteiger partial charge in [-0.25, -0.2) is 0 Å². The molecule has 4 heteroatoms. The first kappa shape index (κ1) is 25.0. The topological polar surface area (TPSA) is 0 Å². The first-order valence-corrected chi connectivity index (χ1v) is 29.1. The van der Waals surface area contributed by atoms with Gasteiger partial charge in [-0.1, -0.05) is 0 Å². The van der Waals surface area contributed by atoms with E-state index in [9.17, 15) is 0 Å². The Hall–Kier alpha value is 0.953. The Bertz CT molecular complexity index is 521. The number of hydrogen-bond acceptors (Lipinski definition) is 0. The van der Waals surface area contributed by atoms with E-state index in [1.807, 2.05) is 6.66 Å². The number of rotatable bonds is 3. The van der Waals surface area contributed by atoms with Gasteiger partial charge in [-0.3, -0.25) is 0 Å². The van der Waals surface area contributed by atoms with Gasteiger partial charge in [0.25, 0.3) is 0 Å². The summed E-state index contributed by atoms with van der Waals surface area (Å²) in [5.41, 5.74) is 4.07. The van der Waals surface area contributed by atoms with Crippen LogP contribution in [0.25, 0.3) is 0 Å². The predicted octanol–water partition coefficient (Wildman–Crippen LogP) is 0.116. The Morgan fingerprint density at radius 1 is 0.750 bits per heavy atom. The van der Waals surface area contributed by atoms with Crippen LogP contribution in [0, 0.1) is 10.8 Å². The fraction of sp³-hybridized carbons (Fsp3) is 0.600. The molecule has 0 aromatic carbocycles. The third kappa shape index (κ3) is 5.47. The Kier molecular flexibility index (Phi) is 9.61. The summed E-state index contributed by atoms with van der Waals surface area (Å²) in [6.07, 6.45) is 12.4. The van der Waals surface area contributed by atoms with Crippen molar-refractivity contribution in [2.75, 3.05) is 0 Å². The minimum Gasteiger partial charge on any atom is -1.00 e. The van der Waals surface area contributed by atoms with Crippen LogP contribution in [-0.2, 0) is 19.0 Å². The van der Waals surface area contributed by atoms with Crippen LogP contribution in [-0.4, -0.2) is 10.6 Å². The van der Waals surface area contributed by atoms with E-state index in [-0.39, 0.29) is 24.8 Å². The van der Waals surface area contributed by atoms with Crippen molar-refractivity contribution in [3.05, 3.63) is 42.1 Å². The van der Waals surface area contributed by atoms with Gasteiger partial charge in [0.15, 0.2) is 0 Å². The molecule has 24 heavy (non-hydrogen) atoms. The molecule has 0 unspecified atom stereocenters. The summed E-state index contributed by atoms with van der Waals surface area (Å²) in [4.78, 5) is 0. The summed E-state index contributed by atoms with van der Waals surface area (Å²) in [5, 5.41) is 0. The average Bonchev–Trinajstić information content (AvgIpc) is 2.95. The molecule has 2 rings (SSSR count). The van der Waals surface area contributed by atoms with Gasteiger partial charge < -0.3 is 24.8 Å². The van der Waals surface area contributed by atoms with Gasteiger partial charge in [0.05, 0.1) is 0 Å². The zero-order valence-electron chi connectivity index (χ0n) is 16.6. The van der Waals surface area contributed by atoms with Gasteiger partial charge in [-0.05, 0) is 0 Å². The minimum atomic E-state index is -1.80. The molecule has 0 nitrogen and oxygen atoms in total. The van der Waals surface area contributed by atoms with Crippen LogP contribution < -0.4 is 24.8 Å². The molecule has 2 aliphatic rings. The van der Waals surface area contributed by atoms with Gasteiger partial charge in [0.1, 0.15) is 0 Å². The van der Waals surface area contributed by atoms with Gasteiger partial charge >= 0.3 is 148 Å². The third-order valence-electron chi connectivity index (χ3n) is 4.71. The molecule has 0 aromatic rings. The molecule has 2 aliphatic carbocycles. The number of allylic oxidation sites excluding steroid dienone is 8. The van der Waals surface area contributed by atoms with Crippen molar-refractivity contribution < 1.29 is 43.8 Å². The second-order valence-electron chi connectivity index (χ2n) is 9.07. The zero-order valence-corrected chi connectivity index (χ0v) is 24.1. The zero-order chi connectivity index (χ0) is 16.7. The van der Waals surface area contributed by atoms with Crippen molar-refractivity contribution in [2.45, 2.75) is 65.9 Å². The number of halogens is 2. The predicted molar refractivity (Wildman–Crippen MR) is 99.4 cm³/mol. The third-order valence-corrected chi connectivity index (χ3v) is 48.7. The summed E-state index contributed by atoms with van der Waals surface area (Å²) in [7, 11) is -1.11. The fourth-order valence-electron chi connectivity index (χ4n) is 3.80. The van der Waals surface area contributed by atoms with Gasteiger partial charge in [0, 0.05) is 0 Å². The quantitative estimate of drug-likeness (QED) is 0.407. The van der Waals surface area contributed by atoms with Crippen molar-refractivity contribution in [1.82, 2.24) is 0 Å². The largest absolute Gasteiger partial charge is 1.00 e. The fourth-order valence-corrected chi connectivity index (χ4v) is 51.3. The molecule has 0 heterocycles. The average molecular weight is 595 g/mol. The summed E-state index contributed by atoms with van der Waals surface area (Å²) in [5.74, 6) is 5.35. The first-order valence-electron chi connectivity index (χ1n) is 8.71. The van der Waals surface area contributed by atoms with E-state index in [4.69, 9.17) is 0 Å². The standard InChI is InChI=1S/2C9H13.C2H7Ge.2ClH.Hf/c2*1-9(2,3)8-6-4-5-7-8;1-3-2;;;/h2*4,6H,5H2,1-3H3;3H,1-2H3;2*1H;/q;;;;;+2/p-2. The Morgan fingerprint density at radius 3 is 1.33 bits per heavy atom. The van der Waals surface area contributed by atoms with Gasteiger partial charge in [-0.15, -0.1) is 0 Å². The Morgan fingerprint density at radius 2 is 1.08 bits per heavy atom. The minimum absolute atomic E-state index is 0. The molecule has 0 N–H and O–H groups in total. The maximum absolute atomic E-state index is 2.67. The van der Waals surface area contributed by atoms with Crippen LogP contribution in [0.5, 0.6) is 0 Å². The van der Waals surface area contributed by atoms with Crippen molar-refractivity contribution in [3.63, 3.8) is 0 Å². The molecule has 135 valence electrons. The Balaban J connectivity index is 0.00000264. The van der Waals surface area contributed by atoms with E-state index in [2.05, 4.69) is 77.4 Å². The van der Waals surface area contributed by atoms with Gasteiger partial charge in [0.2, 0.25) is 0 Å². The van der Waals surface area contributed by atoms with E-state index >= 15 is 0 Å². The van der Waals surface area contributed by atoms with Crippen LogP contribution in [0.2, 0.25) is 11.5 Å². The first-order chi connectivity index (χ1) is 10.0. The van der Waals surface area contributed by atoms with E-state index < -0.39 is 29.6 Å². The normalized spacial score (nSPS) is 17.5. The van der Waals surface area contributed by atoms with Crippen LogP contribution in [0.1, 0.15) is 54.4 Å². The molecule has 0 radical (unpaired) electrons. The Labute approximate surface area is 172 Å². The maximum Gasteiger partial charge on any atom is -1.00 e. The number of hydrogen-bond donors (Lipinski definition) is 0. The van der Waals surface area contributed by atoms with Crippen LogP contribution in [0.3, 0.4) is 0 Å². The molecule has 0 saturated carbocycles. The molecule has 0 amide bonds. The van der Waals surface area contributed by atoms with Crippen molar-refractivity contribution in [2.24, 2.45) is 10.8 Å². The van der Waals surface area contributed by atoms with Crippen LogP contribution >= 0.6 is 0 Å². The summed E-state index contributed by atoms with van der Waals surface area (Å²) < 4.78 is 3.93. The second-order valence-corrected chi connectivity index (χ2v) is 52.7. The van der Waals surface area contributed by atoms with E-state index in [0.29, 0.717) is 10.8 Å². The molecule has 0 saturated heterocycles. The molecule has 0 aliphatic heterocycles. The summed E-state index contributed by atoms with van der Waals surface area (Å²) in [6.45, 7) is 14.4.